The van der Waals surface area contributed by atoms with E-state index in [1.54, 1.807) is 6.20 Å². The second kappa shape index (κ2) is 6.58. The van der Waals surface area contributed by atoms with Gasteiger partial charge in [0.1, 0.15) is 15.9 Å². The Hall–Kier alpha value is -1.08. The summed E-state index contributed by atoms with van der Waals surface area (Å²) < 4.78 is 27.4. The number of aryl methyl sites for hydroxylation is 1. The van der Waals surface area contributed by atoms with E-state index in [4.69, 9.17) is 0 Å². The summed E-state index contributed by atoms with van der Waals surface area (Å²) in [5.74, 6) is 1.41. The Kier molecular flexibility index (Phi) is 4.73. The predicted octanol–water partition coefficient (Wildman–Crippen LogP) is 3.68. The summed E-state index contributed by atoms with van der Waals surface area (Å²) in [5.41, 5.74) is 1.95. The summed E-state index contributed by atoms with van der Waals surface area (Å²) in [4.78, 5) is 8.98. The van der Waals surface area contributed by atoms with E-state index in [2.05, 4.69) is 35.6 Å². The Bertz CT molecular complexity index is 650. The van der Waals surface area contributed by atoms with Crippen molar-refractivity contribution in [2.75, 3.05) is 6.54 Å². The fourth-order valence-corrected chi connectivity index (χ4v) is 3.93. The molecule has 2 heterocycles. The molecule has 1 N–H and O–H groups in total. The highest BCUT2D eigenvalue weighted by Crippen LogP contribution is 2.34. The molecule has 0 unspecified atom stereocenters. The number of nitrogens with zero attached hydrogens (tertiary/aromatic N) is 3. The zero-order chi connectivity index (χ0) is 15.7. The van der Waals surface area contributed by atoms with Crippen molar-refractivity contribution in [3.8, 4) is 0 Å². The second-order valence-electron chi connectivity index (χ2n) is 5.84. The van der Waals surface area contributed by atoms with Gasteiger partial charge in [-0.25, -0.2) is 13.8 Å². The molecular weight excluding hydrogens is 354 g/mol. The number of hydrogen-bond donors (Lipinski definition) is 1. The molecule has 3 rings (SSSR count). The standard InChI is InChI=1S/C15H19BrF2N4/c1-9-13-14(16)21-15(22(13)7-6-19-9)10-2-4-11(5-3-10)20-8-12(17)18/h6-7,10-12,20H,2-5,8H2,1H3. The van der Waals surface area contributed by atoms with Crippen LogP contribution in [-0.4, -0.2) is 33.4 Å². The molecule has 1 saturated carbocycles. The van der Waals surface area contributed by atoms with Crippen molar-refractivity contribution in [1.29, 1.82) is 0 Å². The van der Waals surface area contributed by atoms with Gasteiger partial charge in [-0.1, -0.05) is 0 Å². The van der Waals surface area contributed by atoms with Crippen LogP contribution >= 0.6 is 15.9 Å². The van der Waals surface area contributed by atoms with E-state index < -0.39 is 6.43 Å². The number of hydrogen-bond acceptors (Lipinski definition) is 3. The maximum absolute atomic E-state index is 12.3. The van der Waals surface area contributed by atoms with Gasteiger partial charge in [0.15, 0.2) is 0 Å². The van der Waals surface area contributed by atoms with Crippen LogP contribution in [0.15, 0.2) is 17.0 Å². The van der Waals surface area contributed by atoms with Crippen LogP contribution in [0.2, 0.25) is 0 Å². The van der Waals surface area contributed by atoms with Gasteiger partial charge in [0.2, 0.25) is 0 Å². The fraction of sp³-hybridized carbons (Fsp3) is 0.600. The summed E-state index contributed by atoms with van der Waals surface area (Å²) in [7, 11) is 0. The molecule has 7 heteroatoms. The first kappa shape index (κ1) is 15.8. The Balaban J connectivity index is 1.73. The molecule has 1 aliphatic rings. The lowest BCUT2D eigenvalue weighted by molar-refractivity contribution is 0.137. The molecule has 0 atom stereocenters. The van der Waals surface area contributed by atoms with Crippen molar-refractivity contribution in [1.82, 2.24) is 19.7 Å². The number of imidazole rings is 1. The highest BCUT2D eigenvalue weighted by atomic mass is 79.9. The summed E-state index contributed by atoms with van der Waals surface area (Å²) in [6.45, 7) is 1.76. The molecule has 0 aliphatic heterocycles. The first-order chi connectivity index (χ1) is 10.6. The van der Waals surface area contributed by atoms with Crippen LogP contribution in [0.3, 0.4) is 0 Å². The normalized spacial score (nSPS) is 22.6. The molecule has 0 aromatic carbocycles. The summed E-state index contributed by atoms with van der Waals surface area (Å²) in [6.07, 6.45) is 5.20. The van der Waals surface area contributed by atoms with Crippen LogP contribution < -0.4 is 5.32 Å². The molecule has 0 spiro atoms. The number of aromatic nitrogens is 3. The first-order valence-electron chi connectivity index (χ1n) is 7.57. The Morgan fingerprint density at radius 1 is 1.36 bits per heavy atom. The maximum atomic E-state index is 12.3. The van der Waals surface area contributed by atoms with Crippen LogP contribution in [0.4, 0.5) is 8.78 Å². The minimum absolute atomic E-state index is 0.198. The van der Waals surface area contributed by atoms with Crippen LogP contribution in [-0.2, 0) is 0 Å². The predicted molar refractivity (Wildman–Crippen MR) is 84.4 cm³/mol. The molecule has 0 saturated heterocycles. The van der Waals surface area contributed by atoms with Crippen LogP contribution in [0.5, 0.6) is 0 Å². The van der Waals surface area contributed by atoms with Gasteiger partial charge < -0.3 is 5.32 Å². The molecular formula is C15H19BrF2N4. The molecule has 0 amide bonds. The zero-order valence-electron chi connectivity index (χ0n) is 12.4. The third-order valence-corrected chi connectivity index (χ3v) is 4.93. The van der Waals surface area contributed by atoms with Crippen LogP contribution in [0.25, 0.3) is 5.52 Å². The van der Waals surface area contributed by atoms with Gasteiger partial charge in [-0.2, -0.15) is 0 Å². The zero-order valence-corrected chi connectivity index (χ0v) is 14.0. The quantitative estimate of drug-likeness (QED) is 0.889. The lowest BCUT2D eigenvalue weighted by atomic mass is 9.85. The van der Waals surface area contributed by atoms with Crippen LogP contribution in [0.1, 0.15) is 43.1 Å². The number of nitrogens with one attached hydrogen (secondary N) is 1. The van der Waals surface area contributed by atoms with E-state index in [1.807, 2.05) is 13.1 Å². The van der Waals surface area contributed by atoms with Crippen molar-refractivity contribution >= 4 is 21.4 Å². The van der Waals surface area contributed by atoms with Gasteiger partial charge >= 0.3 is 0 Å². The average Bonchev–Trinajstić information content (AvgIpc) is 2.84. The van der Waals surface area contributed by atoms with E-state index in [9.17, 15) is 8.78 Å². The Morgan fingerprint density at radius 2 is 2.09 bits per heavy atom. The number of alkyl halides is 2. The third-order valence-electron chi connectivity index (χ3n) is 4.38. The van der Waals surface area contributed by atoms with Gasteiger partial charge in [-0.05, 0) is 48.5 Å². The first-order valence-corrected chi connectivity index (χ1v) is 8.36. The van der Waals surface area contributed by atoms with Gasteiger partial charge in [0.05, 0.1) is 12.2 Å². The highest BCUT2D eigenvalue weighted by molar-refractivity contribution is 9.10. The van der Waals surface area contributed by atoms with Crippen molar-refractivity contribution in [2.45, 2.75) is 51.0 Å². The minimum Gasteiger partial charge on any atom is -0.309 e. The third kappa shape index (κ3) is 3.15. The van der Waals surface area contributed by atoms with Crippen molar-refractivity contribution < 1.29 is 8.78 Å². The second-order valence-corrected chi connectivity index (χ2v) is 6.59. The van der Waals surface area contributed by atoms with Crippen molar-refractivity contribution in [3.63, 3.8) is 0 Å². The molecule has 4 nitrogen and oxygen atoms in total. The van der Waals surface area contributed by atoms with E-state index in [0.29, 0.717) is 5.92 Å². The SMILES string of the molecule is Cc1nccn2c(C3CCC(NCC(F)F)CC3)nc(Br)c12. The highest BCUT2D eigenvalue weighted by Gasteiger charge is 2.26. The average molecular weight is 373 g/mol. The van der Waals surface area contributed by atoms with Gasteiger partial charge in [-0.15, -0.1) is 0 Å². The van der Waals surface area contributed by atoms with E-state index in [1.165, 1.54) is 0 Å². The number of fused-ring (bicyclic) bond motifs is 1. The topological polar surface area (TPSA) is 42.2 Å². The Morgan fingerprint density at radius 3 is 2.77 bits per heavy atom. The fourth-order valence-electron chi connectivity index (χ4n) is 3.27. The number of rotatable bonds is 4. The van der Waals surface area contributed by atoms with E-state index >= 15 is 0 Å². The minimum atomic E-state index is -2.28. The molecule has 120 valence electrons. The number of halogens is 3. The van der Waals surface area contributed by atoms with Gasteiger partial charge in [0, 0.05) is 24.4 Å². The molecule has 0 bridgehead atoms. The molecule has 1 aliphatic carbocycles. The van der Waals surface area contributed by atoms with Crippen molar-refractivity contribution in [2.24, 2.45) is 0 Å². The lowest BCUT2D eigenvalue weighted by Gasteiger charge is -2.28. The van der Waals surface area contributed by atoms with Gasteiger partial charge in [0.25, 0.3) is 6.43 Å². The molecule has 0 radical (unpaired) electrons. The summed E-state index contributed by atoms with van der Waals surface area (Å²) in [6, 6.07) is 0.198. The smallest absolute Gasteiger partial charge is 0.250 e. The van der Waals surface area contributed by atoms with E-state index in [-0.39, 0.29) is 12.6 Å². The van der Waals surface area contributed by atoms with Crippen LogP contribution in [0, 0.1) is 6.92 Å². The lowest BCUT2D eigenvalue weighted by Crippen LogP contribution is -2.36. The summed E-state index contributed by atoms with van der Waals surface area (Å²) in [5, 5.41) is 2.95. The molecule has 1 fully saturated rings. The largest absolute Gasteiger partial charge is 0.309 e. The monoisotopic (exact) mass is 372 g/mol. The Labute approximate surface area is 136 Å². The molecule has 22 heavy (non-hydrogen) atoms. The van der Waals surface area contributed by atoms with E-state index in [0.717, 1.165) is 47.3 Å². The molecule has 2 aromatic rings. The van der Waals surface area contributed by atoms with Gasteiger partial charge in [-0.3, -0.25) is 9.38 Å². The molecule has 2 aromatic heterocycles. The summed E-state index contributed by atoms with van der Waals surface area (Å²) >= 11 is 3.52. The maximum Gasteiger partial charge on any atom is 0.250 e. The van der Waals surface area contributed by atoms with Crippen molar-refractivity contribution in [3.05, 3.63) is 28.5 Å².